The lowest BCUT2D eigenvalue weighted by atomic mass is 10.1. The Kier molecular flexibility index (Phi) is 7.23. The molecule has 0 saturated heterocycles. The van der Waals surface area contributed by atoms with Crippen molar-refractivity contribution >= 4 is 16.8 Å². The van der Waals surface area contributed by atoms with Gasteiger partial charge < -0.3 is 24.8 Å². The Labute approximate surface area is 159 Å². The molecule has 0 amide bonds. The number of ether oxygens (including phenoxy) is 3. The van der Waals surface area contributed by atoms with Crippen LogP contribution in [0.2, 0.25) is 0 Å². The lowest BCUT2D eigenvalue weighted by molar-refractivity contribution is -0.0505. The van der Waals surface area contributed by atoms with Crippen molar-refractivity contribution in [3.8, 4) is 17.2 Å². The maximum atomic E-state index is 12.7. The molecule has 2 rings (SSSR count). The number of fused-ring (bicyclic) bond motifs is 1. The Balaban J connectivity index is 1.96. The summed E-state index contributed by atoms with van der Waals surface area (Å²) >= 11 is 0. The zero-order valence-corrected chi connectivity index (χ0v) is 16.6. The number of aliphatic imine (C=N–C) groups is 1. The minimum absolute atomic E-state index is 0.00559. The minimum Gasteiger partial charge on any atom is -0.454 e. The second-order valence-electron chi connectivity index (χ2n) is 6.71. The van der Waals surface area contributed by atoms with Gasteiger partial charge in [-0.25, -0.2) is 0 Å². The number of guanidine groups is 1. The molecule has 1 aromatic carbocycles. The first-order valence-corrected chi connectivity index (χ1v) is 9.73. The van der Waals surface area contributed by atoms with E-state index >= 15 is 0 Å². The number of benzene rings is 1. The highest BCUT2D eigenvalue weighted by Crippen LogP contribution is 2.38. The van der Waals surface area contributed by atoms with E-state index in [2.05, 4.69) is 20.4 Å². The van der Waals surface area contributed by atoms with Crippen molar-refractivity contribution in [1.82, 2.24) is 10.6 Å². The predicted molar refractivity (Wildman–Crippen MR) is 100 cm³/mol. The molecule has 1 aliphatic heterocycles. The molecule has 7 nitrogen and oxygen atoms in total. The van der Waals surface area contributed by atoms with E-state index in [9.17, 15) is 13.0 Å². The molecule has 1 heterocycles. The summed E-state index contributed by atoms with van der Waals surface area (Å²) in [6, 6.07) is 2.98. The second kappa shape index (κ2) is 9.20. The Morgan fingerprint density at radius 3 is 2.56 bits per heavy atom. The average Bonchev–Trinajstić information content (AvgIpc) is 3.03. The van der Waals surface area contributed by atoms with E-state index in [1.807, 2.05) is 20.8 Å². The molecule has 1 aliphatic rings. The summed E-state index contributed by atoms with van der Waals surface area (Å²) < 4.78 is 52.2. The Bertz CT molecular complexity index is 708. The highest BCUT2D eigenvalue weighted by atomic mass is 32.2. The molecule has 0 aromatic heterocycles. The maximum absolute atomic E-state index is 12.7. The van der Waals surface area contributed by atoms with Crippen LogP contribution in [0.15, 0.2) is 17.1 Å². The molecule has 1 aromatic rings. The fourth-order valence-corrected chi connectivity index (χ4v) is 3.18. The Morgan fingerprint density at radius 2 is 1.96 bits per heavy atom. The van der Waals surface area contributed by atoms with E-state index in [0.717, 1.165) is 0 Å². The van der Waals surface area contributed by atoms with Crippen LogP contribution in [0.25, 0.3) is 0 Å². The van der Waals surface area contributed by atoms with Gasteiger partial charge in [-0.2, -0.15) is 8.78 Å². The van der Waals surface area contributed by atoms with Gasteiger partial charge in [-0.1, -0.05) is 0 Å². The molecule has 0 radical (unpaired) electrons. The predicted octanol–water partition coefficient (Wildman–Crippen LogP) is 2.23. The molecule has 0 spiro atoms. The highest BCUT2D eigenvalue weighted by Gasteiger charge is 2.21. The fourth-order valence-electron chi connectivity index (χ4n) is 2.28. The number of halogens is 2. The van der Waals surface area contributed by atoms with Gasteiger partial charge in [-0.3, -0.25) is 9.20 Å². The van der Waals surface area contributed by atoms with Crippen molar-refractivity contribution in [2.24, 2.45) is 4.99 Å². The van der Waals surface area contributed by atoms with E-state index in [-0.39, 0.29) is 23.8 Å². The monoisotopic (exact) mass is 405 g/mol. The van der Waals surface area contributed by atoms with Crippen molar-refractivity contribution in [3.63, 3.8) is 0 Å². The summed E-state index contributed by atoms with van der Waals surface area (Å²) in [7, 11) is 0.604. The normalized spacial score (nSPS) is 15.0. The molecule has 152 valence electrons. The van der Waals surface area contributed by atoms with Gasteiger partial charge in [-0.05, 0) is 26.8 Å². The van der Waals surface area contributed by atoms with Crippen LogP contribution in [0.1, 0.15) is 26.3 Å². The van der Waals surface area contributed by atoms with Gasteiger partial charge in [0.1, 0.15) is 5.75 Å². The van der Waals surface area contributed by atoms with E-state index in [1.165, 1.54) is 6.07 Å². The van der Waals surface area contributed by atoms with E-state index in [1.54, 1.807) is 13.1 Å². The Hall–Kier alpha value is -2.10. The molecule has 27 heavy (non-hydrogen) atoms. The van der Waals surface area contributed by atoms with Crippen molar-refractivity contribution in [1.29, 1.82) is 0 Å². The summed E-state index contributed by atoms with van der Waals surface area (Å²) in [5.41, 5.74) is 0.473. The summed E-state index contributed by atoms with van der Waals surface area (Å²) in [6.07, 6.45) is 0. The van der Waals surface area contributed by atoms with Crippen LogP contribution in [-0.2, 0) is 17.3 Å². The first-order valence-electron chi connectivity index (χ1n) is 8.41. The van der Waals surface area contributed by atoms with Gasteiger partial charge >= 0.3 is 6.61 Å². The van der Waals surface area contributed by atoms with Crippen molar-refractivity contribution < 1.29 is 27.2 Å². The van der Waals surface area contributed by atoms with Gasteiger partial charge in [0.25, 0.3) is 0 Å². The molecule has 0 bridgehead atoms. The van der Waals surface area contributed by atoms with E-state index in [4.69, 9.17) is 9.47 Å². The highest BCUT2D eigenvalue weighted by molar-refractivity contribution is 7.86. The number of nitrogens with one attached hydrogen (secondary N) is 2. The van der Waals surface area contributed by atoms with Gasteiger partial charge in [-0.15, -0.1) is 0 Å². The van der Waals surface area contributed by atoms with Crippen LogP contribution in [0, 0.1) is 0 Å². The third kappa shape index (κ3) is 6.23. The minimum atomic E-state index is -2.95. The molecule has 0 aliphatic carbocycles. The third-order valence-electron chi connectivity index (χ3n) is 3.70. The van der Waals surface area contributed by atoms with Gasteiger partial charge in [0.05, 0.1) is 0 Å². The van der Waals surface area contributed by atoms with Crippen LogP contribution in [0.4, 0.5) is 8.78 Å². The molecule has 1 atom stereocenters. The molecule has 0 saturated carbocycles. The SMILES string of the molecule is CN=C(NCCS(=O)C(C)(C)C)NCc1cc2c(cc1OC(F)F)OCO2. The Morgan fingerprint density at radius 1 is 1.30 bits per heavy atom. The zero-order chi connectivity index (χ0) is 20.0. The van der Waals surface area contributed by atoms with Gasteiger partial charge in [0.2, 0.25) is 6.79 Å². The van der Waals surface area contributed by atoms with Crippen LogP contribution in [0.3, 0.4) is 0 Å². The summed E-state index contributed by atoms with van der Waals surface area (Å²) in [5.74, 6) is 1.76. The molecule has 0 fully saturated rings. The lowest BCUT2D eigenvalue weighted by Crippen LogP contribution is -2.40. The van der Waals surface area contributed by atoms with Gasteiger partial charge in [0.15, 0.2) is 17.5 Å². The van der Waals surface area contributed by atoms with Crippen LogP contribution in [0.5, 0.6) is 17.2 Å². The zero-order valence-electron chi connectivity index (χ0n) is 15.8. The van der Waals surface area contributed by atoms with Crippen molar-refractivity contribution in [2.45, 2.75) is 38.7 Å². The summed E-state index contributed by atoms with van der Waals surface area (Å²) in [6.45, 7) is 3.48. The maximum Gasteiger partial charge on any atom is 0.387 e. The lowest BCUT2D eigenvalue weighted by Gasteiger charge is -2.19. The number of alkyl halides is 2. The number of hydrogen-bond acceptors (Lipinski definition) is 5. The quantitative estimate of drug-likeness (QED) is 0.535. The van der Waals surface area contributed by atoms with Crippen LogP contribution in [-0.4, -0.2) is 47.7 Å². The van der Waals surface area contributed by atoms with Crippen molar-refractivity contribution in [3.05, 3.63) is 17.7 Å². The fraction of sp³-hybridized carbons (Fsp3) is 0.588. The first-order chi connectivity index (χ1) is 12.7. The van der Waals surface area contributed by atoms with E-state index in [0.29, 0.717) is 35.3 Å². The number of rotatable bonds is 7. The van der Waals surface area contributed by atoms with Crippen LogP contribution >= 0.6 is 0 Å². The molecular weight excluding hydrogens is 380 g/mol. The van der Waals surface area contributed by atoms with Crippen molar-refractivity contribution in [2.75, 3.05) is 26.1 Å². The summed E-state index contributed by atoms with van der Waals surface area (Å²) in [5, 5.41) is 6.08. The third-order valence-corrected chi connectivity index (χ3v) is 5.65. The number of nitrogens with zero attached hydrogens (tertiary/aromatic N) is 1. The second-order valence-corrected chi connectivity index (χ2v) is 9.03. The van der Waals surface area contributed by atoms with E-state index < -0.39 is 17.4 Å². The average molecular weight is 405 g/mol. The largest absolute Gasteiger partial charge is 0.454 e. The topological polar surface area (TPSA) is 81.2 Å². The number of hydrogen-bond donors (Lipinski definition) is 2. The molecule has 1 unspecified atom stereocenters. The standard InChI is InChI=1S/C17H25F2N3O4S/c1-17(2,3)27(23)6-5-21-16(20-4)22-9-11-7-13-14(25-10-24-13)8-12(11)26-15(18)19/h7-8,15H,5-6,9-10H2,1-4H3,(H2,20,21,22). The smallest absolute Gasteiger partial charge is 0.387 e. The van der Waals surface area contributed by atoms with Gasteiger partial charge in [0, 0.05) is 53.1 Å². The molecular formula is C17H25F2N3O4S. The molecule has 10 heteroatoms. The summed E-state index contributed by atoms with van der Waals surface area (Å²) in [4.78, 5) is 4.08. The first kappa shape index (κ1) is 21.2. The van der Waals surface area contributed by atoms with Crippen LogP contribution < -0.4 is 24.8 Å². The molecule has 2 N–H and O–H groups in total.